The van der Waals surface area contributed by atoms with Crippen LogP contribution in [0.1, 0.15) is 29.2 Å². The summed E-state index contributed by atoms with van der Waals surface area (Å²) in [6, 6.07) is 13.8. The van der Waals surface area contributed by atoms with E-state index in [0.29, 0.717) is 6.54 Å². The van der Waals surface area contributed by atoms with Crippen molar-refractivity contribution >= 4 is 17.5 Å². The minimum atomic E-state index is -0.174. The molecule has 0 spiro atoms. The van der Waals surface area contributed by atoms with Crippen LogP contribution in [0.15, 0.2) is 42.5 Å². The first kappa shape index (κ1) is 17.7. The van der Waals surface area contributed by atoms with E-state index in [-0.39, 0.29) is 18.4 Å². The van der Waals surface area contributed by atoms with E-state index < -0.39 is 0 Å². The Bertz CT molecular complexity index is 733. The van der Waals surface area contributed by atoms with Gasteiger partial charge in [0, 0.05) is 19.2 Å². The maximum absolute atomic E-state index is 12.3. The van der Waals surface area contributed by atoms with Crippen LogP contribution in [0, 0.1) is 20.8 Å². The van der Waals surface area contributed by atoms with E-state index >= 15 is 0 Å². The van der Waals surface area contributed by atoms with Gasteiger partial charge in [-0.25, -0.2) is 0 Å². The molecule has 0 fully saturated rings. The number of anilines is 1. The van der Waals surface area contributed by atoms with Crippen molar-refractivity contribution in [2.24, 2.45) is 0 Å². The van der Waals surface area contributed by atoms with Crippen LogP contribution in [-0.2, 0) is 16.1 Å². The molecule has 2 aromatic carbocycles. The van der Waals surface area contributed by atoms with Gasteiger partial charge in [0.2, 0.25) is 11.8 Å². The lowest BCUT2D eigenvalue weighted by atomic mass is 10.1. The van der Waals surface area contributed by atoms with Crippen LogP contribution >= 0.6 is 0 Å². The summed E-state index contributed by atoms with van der Waals surface area (Å²) in [7, 11) is 0. The zero-order chi connectivity index (χ0) is 17.7. The molecule has 0 saturated heterocycles. The van der Waals surface area contributed by atoms with Crippen molar-refractivity contribution in [2.45, 2.75) is 34.2 Å². The van der Waals surface area contributed by atoms with Crippen LogP contribution in [-0.4, -0.2) is 18.4 Å². The highest BCUT2D eigenvalue weighted by Crippen LogP contribution is 2.19. The van der Waals surface area contributed by atoms with Gasteiger partial charge in [-0.3, -0.25) is 9.59 Å². The van der Waals surface area contributed by atoms with Crippen molar-refractivity contribution in [1.82, 2.24) is 5.32 Å². The molecule has 1 N–H and O–H groups in total. The number of aryl methyl sites for hydroxylation is 3. The van der Waals surface area contributed by atoms with Crippen LogP contribution in [0.25, 0.3) is 0 Å². The number of amides is 2. The molecular formula is C20H24N2O2. The van der Waals surface area contributed by atoms with Gasteiger partial charge in [0.05, 0.1) is 0 Å². The zero-order valence-electron chi connectivity index (χ0n) is 14.7. The molecule has 126 valence electrons. The molecular weight excluding hydrogens is 300 g/mol. The predicted molar refractivity (Wildman–Crippen MR) is 97.0 cm³/mol. The van der Waals surface area contributed by atoms with Crippen molar-refractivity contribution < 1.29 is 9.59 Å². The molecule has 2 amide bonds. The van der Waals surface area contributed by atoms with Gasteiger partial charge in [-0.15, -0.1) is 0 Å². The third-order valence-electron chi connectivity index (χ3n) is 3.94. The highest BCUT2D eigenvalue weighted by atomic mass is 16.2. The Hall–Kier alpha value is -2.62. The number of hydrogen-bond donors (Lipinski definition) is 1. The maximum Gasteiger partial charge on any atom is 0.240 e. The normalized spacial score (nSPS) is 10.3. The summed E-state index contributed by atoms with van der Waals surface area (Å²) in [6.45, 7) is 7.93. The Morgan fingerprint density at radius 3 is 2.21 bits per heavy atom. The first-order valence-corrected chi connectivity index (χ1v) is 8.04. The molecule has 0 unspecified atom stereocenters. The van der Waals surface area contributed by atoms with Gasteiger partial charge >= 0.3 is 0 Å². The second-order valence-electron chi connectivity index (χ2n) is 6.15. The van der Waals surface area contributed by atoms with Crippen LogP contribution < -0.4 is 10.2 Å². The molecule has 0 aliphatic rings. The molecule has 0 heterocycles. The molecule has 24 heavy (non-hydrogen) atoms. The second-order valence-corrected chi connectivity index (χ2v) is 6.15. The van der Waals surface area contributed by atoms with Gasteiger partial charge in [-0.1, -0.05) is 30.3 Å². The second kappa shape index (κ2) is 7.77. The quantitative estimate of drug-likeness (QED) is 0.917. The standard InChI is InChI=1S/C20H24N2O2/c1-14-9-15(2)11-19(10-14)22(17(4)23)13-20(24)21-12-18-8-6-5-7-16(18)3/h5-11H,12-13H2,1-4H3,(H,21,24). The average molecular weight is 324 g/mol. The SMILES string of the molecule is CC(=O)N(CC(=O)NCc1ccccc1C)c1cc(C)cc(C)c1. The molecule has 0 radical (unpaired) electrons. The van der Waals surface area contributed by atoms with E-state index in [2.05, 4.69) is 5.32 Å². The molecule has 2 rings (SSSR count). The van der Waals surface area contributed by atoms with Crippen LogP contribution in [0.2, 0.25) is 0 Å². The fourth-order valence-corrected chi connectivity index (χ4v) is 2.69. The summed E-state index contributed by atoms with van der Waals surface area (Å²) in [5.74, 6) is -0.321. The number of nitrogens with one attached hydrogen (secondary N) is 1. The summed E-state index contributed by atoms with van der Waals surface area (Å²) in [4.78, 5) is 25.8. The zero-order valence-corrected chi connectivity index (χ0v) is 14.7. The van der Waals surface area contributed by atoms with Crippen LogP contribution in [0.3, 0.4) is 0 Å². The molecule has 0 aliphatic heterocycles. The van der Waals surface area contributed by atoms with Gasteiger partial charge in [-0.2, -0.15) is 0 Å². The van der Waals surface area contributed by atoms with Gasteiger partial charge in [0.15, 0.2) is 0 Å². The van der Waals surface area contributed by atoms with Crippen LogP contribution in [0.5, 0.6) is 0 Å². The topological polar surface area (TPSA) is 49.4 Å². The lowest BCUT2D eigenvalue weighted by Gasteiger charge is -2.22. The number of carbonyl (C=O) groups is 2. The number of benzene rings is 2. The van der Waals surface area contributed by atoms with E-state index in [4.69, 9.17) is 0 Å². The van der Waals surface area contributed by atoms with Crippen LogP contribution in [0.4, 0.5) is 5.69 Å². The smallest absolute Gasteiger partial charge is 0.240 e. The fourth-order valence-electron chi connectivity index (χ4n) is 2.69. The Kier molecular flexibility index (Phi) is 5.74. The van der Waals surface area contributed by atoms with Gasteiger partial charge in [0.1, 0.15) is 6.54 Å². The Labute approximate surface area is 143 Å². The summed E-state index contributed by atoms with van der Waals surface area (Å²) in [6.07, 6.45) is 0. The van der Waals surface area contributed by atoms with Gasteiger partial charge in [-0.05, 0) is 55.2 Å². The minimum absolute atomic E-state index is 0.0180. The largest absolute Gasteiger partial charge is 0.350 e. The molecule has 0 atom stereocenters. The highest BCUT2D eigenvalue weighted by molar-refractivity contribution is 5.97. The predicted octanol–water partition coefficient (Wildman–Crippen LogP) is 3.28. The molecule has 2 aromatic rings. The maximum atomic E-state index is 12.3. The number of rotatable bonds is 5. The average Bonchev–Trinajstić information content (AvgIpc) is 2.50. The van der Waals surface area contributed by atoms with E-state index in [1.165, 1.54) is 11.8 Å². The molecule has 0 aliphatic carbocycles. The third kappa shape index (κ3) is 4.69. The Morgan fingerprint density at radius 1 is 1.00 bits per heavy atom. The number of hydrogen-bond acceptors (Lipinski definition) is 2. The summed E-state index contributed by atoms with van der Waals surface area (Å²) in [5.41, 5.74) is 5.10. The molecule has 0 bridgehead atoms. The summed E-state index contributed by atoms with van der Waals surface area (Å²) >= 11 is 0. The van der Waals surface area contributed by atoms with Crippen molar-refractivity contribution in [3.63, 3.8) is 0 Å². The number of nitrogens with zero attached hydrogens (tertiary/aromatic N) is 1. The molecule has 0 saturated carbocycles. The van der Waals surface area contributed by atoms with E-state index in [1.807, 2.05) is 63.2 Å². The highest BCUT2D eigenvalue weighted by Gasteiger charge is 2.16. The van der Waals surface area contributed by atoms with E-state index in [1.54, 1.807) is 0 Å². The summed E-state index contributed by atoms with van der Waals surface area (Å²) in [5, 5.41) is 2.89. The van der Waals surface area contributed by atoms with E-state index in [9.17, 15) is 9.59 Å². The minimum Gasteiger partial charge on any atom is -0.350 e. The molecule has 4 heteroatoms. The van der Waals surface area contributed by atoms with Gasteiger partial charge in [0.25, 0.3) is 0 Å². The lowest BCUT2D eigenvalue weighted by Crippen LogP contribution is -2.39. The van der Waals surface area contributed by atoms with Gasteiger partial charge < -0.3 is 10.2 Å². The van der Waals surface area contributed by atoms with Crippen molar-refractivity contribution in [3.8, 4) is 0 Å². The third-order valence-corrected chi connectivity index (χ3v) is 3.94. The van der Waals surface area contributed by atoms with Crippen molar-refractivity contribution in [2.75, 3.05) is 11.4 Å². The lowest BCUT2D eigenvalue weighted by molar-refractivity contribution is -0.123. The summed E-state index contributed by atoms with van der Waals surface area (Å²) < 4.78 is 0. The van der Waals surface area contributed by atoms with Crippen molar-refractivity contribution in [3.05, 3.63) is 64.7 Å². The monoisotopic (exact) mass is 324 g/mol. The van der Waals surface area contributed by atoms with Crippen molar-refractivity contribution in [1.29, 1.82) is 0 Å². The fraction of sp³-hybridized carbons (Fsp3) is 0.300. The first-order valence-electron chi connectivity index (χ1n) is 8.04. The Morgan fingerprint density at radius 2 is 1.62 bits per heavy atom. The molecule has 0 aromatic heterocycles. The van der Waals surface area contributed by atoms with E-state index in [0.717, 1.165) is 27.9 Å². The molecule has 4 nitrogen and oxygen atoms in total. The first-order chi connectivity index (χ1) is 11.4. The number of carbonyl (C=O) groups excluding carboxylic acids is 2. The Balaban J connectivity index is 2.06.